The summed E-state index contributed by atoms with van der Waals surface area (Å²) in [7, 11) is 0. The third-order valence-electron chi connectivity index (χ3n) is 3.31. The van der Waals surface area contributed by atoms with Crippen LogP contribution in [0.1, 0.15) is 31.4 Å². The molecular formula is C13H17F2NO. The van der Waals surface area contributed by atoms with Crippen LogP contribution in [0, 0.1) is 17.6 Å². The second-order valence-corrected chi connectivity index (χ2v) is 4.82. The van der Waals surface area contributed by atoms with Crippen LogP contribution in [-0.4, -0.2) is 17.8 Å². The molecule has 17 heavy (non-hydrogen) atoms. The fourth-order valence-corrected chi connectivity index (χ4v) is 2.15. The molecule has 94 valence electrons. The van der Waals surface area contributed by atoms with E-state index in [2.05, 4.69) is 5.32 Å². The predicted molar refractivity (Wildman–Crippen MR) is 61.5 cm³/mol. The van der Waals surface area contributed by atoms with E-state index in [1.54, 1.807) is 0 Å². The van der Waals surface area contributed by atoms with Gasteiger partial charge in [0.05, 0.1) is 6.10 Å². The van der Waals surface area contributed by atoms with Gasteiger partial charge >= 0.3 is 0 Å². The molecule has 1 fully saturated rings. The van der Waals surface area contributed by atoms with Gasteiger partial charge < -0.3 is 10.4 Å². The van der Waals surface area contributed by atoms with Crippen molar-refractivity contribution in [3.63, 3.8) is 0 Å². The number of aliphatic hydroxyl groups excluding tert-OH is 1. The van der Waals surface area contributed by atoms with Crippen LogP contribution >= 0.6 is 0 Å². The van der Waals surface area contributed by atoms with Gasteiger partial charge in [0, 0.05) is 12.1 Å². The van der Waals surface area contributed by atoms with Crippen LogP contribution in [-0.2, 0) is 0 Å². The predicted octanol–water partition coefficient (Wildman–Crippen LogP) is 2.39. The van der Waals surface area contributed by atoms with Gasteiger partial charge in [0.25, 0.3) is 0 Å². The van der Waals surface area contributed by atoms with Gasteiger partial charge in [-0.3, -0.25) is 0 Å². The first-order valence-electron chi connectivity index (χ1n) is 5.92. The van der Waals surface area contributed by atoms with E-state index >= 15 is 0 Å². The van der Waals surface area contributed by atoms with Crippen molar-refractivity contribution >= 4 is 0 Å². The molecule has 0 heterocycles. The lowest BCUT2D eigenvalue weighted by atomic mass is 9.82. The van der Waals surface area contributed by atoms with Crippen molar-refractivity contribution in [2.24, 2.45) is 5.92 Å². The average Bonchev–Trinajstić information content (AvgIpc) is 2.21. The summed E-state index contributed by atoms with van der Waals surface area (Å²) < 4.78 is 26.0. The normalized spacial score (nSPS) is 25.4. The molecule has 1 unspecified atom stereocenters. The highest BCUT2D eigenvalue weighted by atomic mass is 19.1. The van der Waals surface area contributed by atoms with Gasteiger partial charge in [-0.2, -0.15) is 0 Å². The fourth-order valence-electron chi connectivity index (χ4n) is 2.15. The van der Waals surface area contributed by atoms with Crippen LogP contribution in [0.3, 0.4) is 0 Å². The van der Waals surface area contributed by atoms with Crippen molar-refractivity contribution in [1.29, 1.82) is 0 Å². The zero-order valence-corrected chi connectivity index (χ0v) is 9.79. The molecule has 0 aliphatic heterocycles. The Hall–Kier alpha value is -1.00. The summed E-state index contributed by atoms with van der Waals surface area (Å²) in [5.74, 6) is -0.619. The highest BCUT2D eigenvalue weighted by molar-refractivity contribution is 5.20. The Kier molecular flexibility index (Phi) is 3.74. The maximum absolute atomic E-state index is 13.0. The van der Waals surface area contributed by atoms with Gasteiger partial charge in [0.1, 0.15) is 11.6 Å². The van der Waals surface area contributed by atoms with Crippen LogP contribution in [0.4, 0.5) is 8.78 Å². The number of halogens is 2. The zero-order valence-electron chi connectivity index (χ0n) is 9.79. The molecule has 1 aromatic carbocycles. The SMILES string of the molecule is CC(NCC1CC(O)C1)c1cc(F)cc(F)c1. The quantitative estimate of drug-likeness (QED) is 0.848. The minimum Gasteiger partial charge on any atom is -0.393 e. The molecule has 4 heteroatoms. The van der Waals surface area contributed by atoms with Crippen LogP contribution in [0.25, 0.3) is 0 Å². The second-order valence-electron chi connectivity index (χ2n) is 4.82. The minimum absolute atomic E-state index is 0.0852. The number of aliphatic hydroxyl groups is 1. The number of benzene rings is 1. The molecule has 1 saturated carbocycles. The van der Waals surface area contributed by atoms with Crippen LogP contribution in [0.5, 0.6) is 0 Å². The Bertz CT molecular complexity index is 371. The highest BCUT2D eigenvalue weighted by Crippen LogP contribution is 2.27. The van der Waals surface area contributed by atoms with E-state index in [1.807, 2.05) is 6.92 Å². The number of nitrogens with one attached hydrogen (secondary N) is 1. The molecule has 1 aliphatic rings. The Morgan fingerprint density at radius 3 is 2.41 bits per heavy atom. The molecule has 2 N–H and O–H groups in total. The second kappa shape index (κ2) is 5.10. The maximum atomic E-state index is 13.0. The van der Waals surface area contributed by atoms with E-state index in [-0.39, 0.29) is 12.1 Å². The minimum atomic E-state index is -0.548. The molecule has 0 amide bonds. The van der Waals surface area contributed by atoms with E-state index in [0.29, 0.717) is 11.5 Å². The summed E-state index contributed by atoms with van der Waals surface area (Å²) in [4.78, 5) is 0. The Morgan fingerprint density at radius 1 is 1.29 bits per heavy atom. The first-order chi connectivity index (χ1) is 8.04. The number of hydrogen-bond donors (Lipinski definition) is 2. The summed E-state index contributed by atoms with van der Waals surface area (Å²) in [5, 5.41) is 12.4. The third kappa shape index (κ3) is 3.23. The summed E-state index contributed by atoms with van der Waals surface area (Å²) in [6, 6.07) is 3.48. The molecule has 1 aromatic rings. The molecule has 1 atom stereocenters. The summed E-state index contributed by atoms with van der Waals surface area (Å²) in [6.45, 7) is 2.65. The van der Waals surface area contributed by atoms with E-state index in [4.69, 9.17) is 5.11 Å². The molecule has 2 rings (SSSR count). The standard InChI is InChI=1S/C13H17F2NO/c1-8(16-7-9-2-13(17)3-9)10-4-11(14)6-12(15)5-10/h4-6,8-9,13,16-17H,2-3,7H2,1H3. The van der Waals surface area contributed by atoms with Crippen molar-refractivity contribution < 1.29 is 13.9 Å². The van der Waals surface area contributed by atoms with Gasteiger partial charge in [-0.15, -0.1) is 0 Å². The van der Waals surface area contributed by atoms with Gasteiger partial charge in [-0.1, -0.05) is 0 Å². The summed E-state index contributed by atoms with van der Waals surface area (Å²) in [6.07, 6.45) is 1.47. The number of hydrogen-bond acceptors (Lipinski definition) is 2. The first-order valence-corrected chi connectivity index (χ1v) is 5.92. The topological polar surface area (TPSA) is 32.3 Å². The molecule has 1 aliphatic carbocycles. The van der Waals surface area contributed by atoms with Crippen molar-refractivity contribution in [3.05, 3.63) is 35.4 Å². The monoisotopic (exact) mass is 241 g/mol. The van der Waals surface area contributed by atoms with Gasteiger partial charge in [0.15, 0.2) is 0 Å². The summed E-state index contributed by atoms with van der Waals surface area (Å²) in [5.41, 5.74) is 0.613. The van der Waals surface area contributed by atoms with Crippen LogP contribution < -0.4 is 5.32 Å². The first kappa shape index (κ1) is 12.5. The average molecular weight is 241 g/mol. The maximum Gasteiger partial charge on any atom is 0.126 e. The van der Waals surface area contributed by atoms with Gasteiger partial charge in [0.2, 0.25) is 0 Å². The molecule has 0 bridgehead atoms. The van der Waals surface area contributed by atoms with Gasteiger partial charge in [-0.05, 0) is 49.9 Å². The lowest BCUT2D eigenvalue weighted by Crippen LogP contribution is -2.37. The van der Waals surface area contributed by atoms with Crippen molar-refractivity contribution in [2.45, 2.75) is 31.9 Å². The van der Waals surface area contributed by atoms with E-state index in [1.165, 1.54) is 12.1 Å². The number of rotatable bonds is 4. The van der Waals surface area contributed by atoms with E-state index < -0.39 is 11.6 Å². The molecule has 0 spiro atoms. The molecule has 0 radical (unpaired) electrons. The van der Waals surface area contributed by atoms with Crippen molar-refractivity contribution in [3.8, 4) is 0 Å². The Morgan fingerprint density at radius 2 is 1.88 bits per heavy atom. The molecule has 0 saturated heterocycles. The lowest BCUT2D eigenvalue weighted by molar-refractivity contribution is 0.0420. The van der Waals surface area contributed by atoms with Crippen molar-refractivity contribution in [1.82, 2.24) is 5.32 Å². The lowest BCUT2D eigenvalue weighted by Gasteiger charge is -2.32. The zero-order chi connectivity index (χ0) is 12.4. The van der Waals surface area contributed by atoms with Gasteiger partial charge in [-0.25, -0.2) is 8.78 Å². The summed E-state index contributed by atoms with van der Waals surface area (Å²) >= 11 is 0. The van der Waals surface area contributed by atoms with Crippen LogP contribution in [0.15, 0.2) is 18.2 Å². The van der Waals surface area contributed by atoms with Crippen molar-refractivity contribution in [2.75, 3.05) is 6.54 Å². The Labute approximate surface area is 99.7 Å². The molecule has 0 aromatic heterocycles. The van der Waals surface area contributed by atoms with Crippen LogP contribution in [0.2, 0.25) is 0 Å². The van der Waals surface area contributed by atoms with E-state index in [0.717, 1.165) is 25.5 Å². The largest absolute Gasteiger partial charge is 0.393 e. The fraction of sp³-hybridized carbons (Fsp3) is 0.538. The highest BCUT2D eigenvalue weighted by Gasteiger charge is 2.27. The molecule has 2 nitrogen and oxygen atoms in total. The van der Waals surface area contributed by atoms with E-state index in [9.17, 15) is 8.78 Å². The smallest absolute Gasteiger partial charge is 0.126 e. The third-order valence-corrected chi connectivity index (χ3v) is 3.31. The molecular weight excluding hydrogens is 224 g/mol. The Balaban J connectivity index is 1.88.